The molecule has 0 aromatic heterocycles. The summed E-state index contributed by atoms with van der Waals surface area (Å²) in [7, 11) is 1.55. The first-order valence-electron chi connectivity index (χ1n) is 10.5. The predicted molar refractivity (Wildman–Crippen MR) is 128 cm³/mol. The number of nitrogens with zero attached hydrogens (tertiary/aromatic N) is 2. The van der Waals surface area contributed by atoms with Gasteiger partial charge in [0.15, 0.2) is 11.5 Å². The van der Waals surface area contributed by atoms with Crippen molar-refractivity contribution in [2.75, 3.05) is 32.1 Å². The average molecular weight is 449 g/mol. The number of aliphatic hydroxyl groups excluding tert-OH is 1. The molecule has 0 saturated carbocycles. The van der Waals surface area contributed by atoms with Gasteiger partial charge in [-0.2, -0.15) is 0 Å². The molecule has 8 nitrogen and oxygen atoms in total. The molecule has 1 saturated heterocycles. The number of hydrogen-bond acceptors (Lipinski definition) is 7. The van der Waals surface area contributed by atoms with E-state index >= 15 is 0 Å². The van der Waals surface area contributed by atoms with E-state index in [9.17, 15) is 4.79 Å². The van der Waals surface area contributed by atoms with Crippen LogP contribution in [-0.4, -0.2) is 54.5 Å². The fourth-order valence-corrected chi connectivity index (χ4v) is 3.63. The number of nitrogens with two attached hydrogens (primary N) is 1. The maximum absolute atomic E-state index is 11.7. The molecule has 0 spiro atoms. The van der Waals surface area contributed by atoms with E-state index in [0.29, 0.717) is 54.6 Å². The Morgan fingerprint density at radius 1 is 1.39 bits per heavy atom. The number of aliphatic imine (C=N–C) groups is 1. The highest BCUT2D eigenvalue weighted by atomic mass is 16.5. The summed E-state index contributed by atoms with van der Waals surface area (Å²) in [6.07, 6.45) is 11.6. The van der Waals surface area contributed by atoms with Crippen molar-refractivity contribution in [3.05, 3.63) is 77.7 Å². The number of carbonyl (C=O) groups is 1. The third kappa shape index (κ3) is 5.84. The Kier molecular flexibility index (Phi) is 7.95. The van der Waals surface area contributed by atoms with Gasteiger partial charge < -0.3 is 30.5 Å². The number of nitrogens with one attached hydrogen (secondary N) is 1. The highest BCUT2D eigenvalue weighted by Crippen LogP contribution is 2.28. The molecule has 0 atom stereocenters. The van der Waals surface area contributed by atoms with E-state index in [0.717, 1.165) is 11.3 Å². The van der Waals surface area contributed by atoms with Crippen molar-refractivity contribution >= 4 is 17.3 Å². The lowest BCUT2D eigenvalue weighted by molar-refractivity contribution is -0.136. The number of allylic oxidation sites excluding steroid dienone is 3. The van der Waals surface area contributed by atoms with Gasteiger partial charge in [-0.25, -0.2) is 0 Å². The van der Waals surface area contributed by atoms with Gasteiger partial charge in [0.1, 0.15) is 18.5 Å². The second-order valence-electron chi connectivity index (χ2n) is 7.45. The highest BCUT2D eigenvalue weighted by Gasteiger charge is 2.27. The molecule has 8 heteroatoms. The molecule has 33 heavy (non-hydrogen) atoms. The molecule has 4 N–H and O–H groups in total. The number of hydrogen-bond donors (Lipinski definition) is 3. The van der Waals surface area contributed by atoms with E-state index in [1.165, 1.54) is 6.20 Å². The van der Waals surface area contributed by atoms with E-state index in [4.69, 9.17) is 26.7 Å². The van der Waals surface area contributed by atoms with Crippen molar-refractivity contribution in [2.45, 2.75) is 18.9 Å². The minimum absolute atomic E-state index is 0.113. The van der Waals surface area contributed by atoms with Gasteiger partial charge in [0.25, 0.3) is 0 Å². The largest absolute Gasteiger partial charge is 0.493 e. The van der Waals surface area contributed by atoms with Gasteiger partial charge in [-0.1, -0.05) is 18.6 Å². The van der Waals surface area contributed by atoms with Crippen molar-refractivity contribution in [2.24, 2.45) is 10.7 Å². The van der Waals surface area contributed by atoms with Crippen LogP contribution in [-0.2, 0) is 14.3 Å². The van der Waals surface area contributed by atoms with Crippen LogP contribution < -0.4 is 11.1 Å². The number of amides is 1. The molecular formula is C25H28N4O4. The highest BCUT2D eigenvalue weighted by molar-refractivity contribution is 6.13. The van der Waals surface area contributed by atoms with Crippen LogP contribution in [0.3, 0.4) is 0 Å². The summed E-state index contributed by atoms with van der Waals surface area (Å²) in [6, 6.07) is 7.36. The van der Waals surface area contributed by atoms with Crippen molar-refractivity contribution < 1.29 is 19.4 Å². The lowest BCUT2D eigenvalue weighted by Gasteiger charge is -2.33. The molecule has 172 valence electrons. The Hall–Kier alpha value is -3.96. The summed E-state index contributed by atoms with van der Waals surface area (Å²) in [5.74, 6) is 3.72. The van der Waals surface area contributed by atoms with Crippen LogP contribution in [0.4, 0.5) is 5.69 Å². The van der Waals surface area contributed by atoms with Crippen molar-refractivity contribution in [3.8, 4) is 12.3 Å². The molecular weight excluding hydrogens is 420 g/mol. The Morgan fingerprint density at radius 2 is 2.15 bits per heavy atom. The number of carbonyl (C=O) groups excluding carboxylic acids is 1. The zero-order valence-corrected chi connectivity index (χ0v) is 18.6. The zero-order chi connectivity index (χ0) is 23.8. The number of aliphatic hydroxyl groups is 1. The van der Waals surface area contributed by atoms with Crippen LogP contribution in [0.15, 0.2) is 77.1 Å². The number of methoxy groups -OCH3 is 1. The maximum atomic E-state index is 11.7. The van der Waals surface area contributed by atoms with Crippen molar-refractivity contribution in [1.29, 1.82) is 0 Å². The molecule has 0 bridgehead atoms. The molecule has 1 fully saturated rings. The third-order valence-electron chi connectivity index (χ3n) is 5.33. The molecule has 0 unspecified atom stereocenters. The topological polar surface area (TPSA) is 109 Å². The summed E-state index contributed by atoms with van der Waals surface area (Å²) in [6.45, 7) is 4.24. The van der Waals surface area contributed by atoms with Crippen molar-refractivity contribution in [3.63, 3.8) is 0 Å². The summed E-state index contributed by atoms with van der Waals surface area (Å²) >= 11 is 0. The summed E-state index contributed by atoms with van der Waals surface area (Å²) in [5.41, 5.74) is 9.06. The van der Waals surface area contributed by atoms with E-state index in [1.54, 1.807) is 24.2 Å². The van der Waals surface area contributed by atoms with E-state index < -0.39 is 6.61 Å². The van der Waals surface area contributed by atoms with Gasteiger partial charge in [0.05, 0.1) is 12.8 Å². The molecule has 2 aliphatic rings. The first-order valence-corrected chi connectivity index (χ1v) is 10.5. The quantitative estimate of drug-likeness (QED) is 0.552. The molecule has 1 aliphatic heterocycles. The van der Waals surface area contributed by atoms with Gasteiger partial charge in [-0.15, -0.1) is 6.42 Å². The second kappa shape index (κ2) is 11.1. The van der Waals surface area contributed by atoms with Crippen LogP contribution in [0, 0.1) is 12.3 Å². The first-order chi connectivity index (χ1) is 16.0. The summed E-state index contributed by atoms with van der Waals surface area (Å²) < 4.78 is 11.8. The minimum atomic E-state index is -0.483. The lowest BCUT2D eigenvalue weighted by atomic mass is 10.0. The third-order valence-corrected chi connectivity index (χ3v) is 5.33. The minimum Gasteiger partial charge on any atom is -0.493 e. The number of ether oxygens (including phenoxy) is 2. The molecule has 1 aromatic carbocycles. The smallest absolute Gasteiger partial charge is 0.248 e. The normalized spacial score (nSPS) is 19.2. The fourth-order valence-electron chi connectivity index (χ4n) is 3.63. The van der Waals surface area contributed by atoms with Crippen LogP contribution in [0.25, 0.3) is 0 Å². The molecule has 3 rings (SSSR count). The predicted octanol–water partition coefficient (Wildman–Crippen LogP) is 2.26. The number of rotatable bonds is 7. The van der Waals surface area contributed by atoms with Gasteiger partial charge in [-0.3, -0.25) is 9.79 Å². The molecule has 1 heterocycles. The van der Waals surface area contributed by atoms with Crippen LogP contribution in [0.2, 0.25) is 0 Å². The van der Waals surface area contributed by atoms with Gasteiger partial charge >= 0.3 is 0 Å². The van der Waals surface area contributed by atoms with Gasteiger partial charge in [-0.05, 0) is 24.3 Å². The number of benzene rings is 1. The zero-order valence-electron chi connectivity index (χ0n) is 18.6. The molecule has 1 amide bonds. The Morgan fingerprint density at radius 3 is 2.79 bits per heavy atom. The average Bonchev–Trinajstić information content (AvgIpc) is 2.84. The Balaban J connectivity index is 1.85. The monoisotopic (exact) mass is 448 g/mol. The Labute approximate surface area is 193 Å². The number of anilines is 1. The van der Waals surface area contributed by atoms with Crippen LogP contribution >= 0.6 is 0 Å². The first kappa shape index (κ1) is 23.7. The van der Waals surface area contributed by atoms with Crippen molar-refractivity contribution in [1.82, 2.24) is 4.90 Å². The van der Waals surface area contributed by atoms with Gasteiger partial charge in [0.2, 0.25) is 5.91 Å². The van der Waals surface area contributed by atoms with Crippen LogP contribution in [0.1, 0.15) is 18.4 Å². The second-order valence-corrected chi connectivity index (χ2v) is 7.45. The van der Waals surface area contributed by atoms with Gasteiger partial charge in [0, 0.05) is 55.0 Å². The maximum Gasteiger partial charge on any atom is 0.248 e. The summed E-state index contributed by atoms with van der Waals surface area (Å²) in [4.78, 5) is 17.7. The number of terminal acetylenes is 1. The Bertz CT molecular complexity index is 1070. The summed E-state index contributed by atoms with van der Waals surface area (Å²) in [5, 5.41) is 12.2. The fraction of sp³-hybridized carbons (Fsp3) is 0.280. The molecule has 1 aromatic rings. The standard InChI is InChI=1S/C25H28N4O4/c1-4-17-7-6-8-18(13-17)28-25(26)20-14-23(22(32-3)15-21(20)27-5-2)33-19-9-11-29(12-10-19)24(31)16-30/h1,5-8,13-15,19,28,30H,2,9-12,16,26H2,3H3/b25-20+,27-21-. The van der Waals surface area contributed by atoms with E-state index in [2.05, 4.69) is 22.8 Å². The number of piperidine rings is 1. The van der Waals surface area contributed by atoms with Crippen LogP contribution in [0.5, 0.6) is 0 Å². The molecule has 0 radical (unpaired) electrons. The van der Waals surface area contributed by atoms with E-state index in [-0.39, 0.29) is 12.0 Å². The lowest BCUT2D eigenvalue weighted by Crippen LogP contribution is -2.42. The SMILES string of the molecule is C#Cc1cccc(N/C(N)=C2\C=C(OC3CCN(C(=O)CO)CC3)C(OC)=C\C2=N\C=C)c1. The van der Waals surface area contributed by atoms with E-state index in [1.807, 2.05) is 24.3 Å². The molecule has 1 aliphatic carbocycles. The number of likely N-dealkylation sites (tertiary alicyclic amines) is 1.